The summed E-state index contributed by atoms with van der Waals surface area (Å²) in [6.07, 6.45) is 10.1. The van der Waals surface area contributed by atoms with Gasteiger partial charge in [0.05, 0.1) is 11.6 Å². The molecule has 1 aromatic heterocycles. The summed E-state index contributed by atoms with van der Waals surface area (Å²) < 4.78 is 0. The zero-order chi connectivity index (χ0) is 15.0. The number of aromatic amines is 1. The van der Waals surface area contributed by atoms with Gasteiger partial charge >= 0.3 is 0 Å². The van der Waals surface area contributed by atoms with Crippen LogP contribution in [0.1, 0.15) is 49.7 Å². The van der Waals surface area contributed by atoms with Crippen LogP contribution in [0.3, 0.4) is 0 Å². The summed E-state index contributed by atoms with van der Waals surface area (Å²) >= 11 is 0. The normalized spacial score (nSPS) is 21.4. The van der Waals surface area contributed by atoms with Gasteiger partial charge < -0.3 is 9.88 Å². The van der Waals surface area contributed by atoms with Crippen LogP contribution in [0, 0.1) is 11.3 Å². The van der Waals surface area contributed by atoms with Gasteiger partial charge in [-0.2, -0.15) is 5.26 Å². The average Bonchev–Trinajstić information content (AvgIpc) is 3.27. The molecule has 1 saturated heterocycles. The van der Waals surface area contributed by atoms with Gasteiger partial charge in [0.1, 0.15) is 0 Å². The highest BCUT2D eigenvalue weighted by Gasteiger charge is 2.39. The van der Waals surface area contributed by atoms with E-state index < -0.39 is 0 Å². The van der Waals surface area contributed by atoms with E-state index in [1.165, 1.54) is 74.6 Å². The van der Waals surface area contributed by atoms with E-state index in [9.17, 15) is 5.26 Å². The molecule has 4 rings (SSSR count). The van der Waals surface area contributed by atoms with E-state index in [0.29, 0.717) is 0 Å². The zero-order valence-corrected chi connectivity index (χ0v) is 13.1. The molecule has 114 valence electrons. The number of benzene rings is 1. The minimum absolute atomic E-state index is 0.288. The molecule has 2 fully saturated rings. The highest BCUT2D eigenvalue weighted by Crippen LogP contribution is 2.45. The molecule has 3 heteroatoms. The predicted molar refractivity (Wildman–Crippen MR) is 88.8 cm³/mol. The summed E-state index contributed by atoms with van der Waals surface area (Å²) in [4.78, 5) is 6.09. The van der Waals surface area contributed by atoms with E-state index in [2.05, 4.69) is 34.3 Å². The van der Waals surface area contributed by atoms with Gasteiger partial charge in [-0.25, -0.2) is 0 Å². The van der Waals surface area contributed by atoms with Gasteiger partial charge in [-0.3, -0.25) is 0 Å². The minimum atomic E-state index is 0.288. The molecule has 1 aliphatic carbocycles. The number of H-pyrrole nitrogens is 1. The van der Waals surface area contributed by atoms with E-state index in [4.69, 9.17) is 0 Å². The maximum atomic E-state index is 9.22. The molecule has 1 N–H and O–H groups in total. The van der Waals surface area contributed by atoms with Crippen molar-refractivity contribution in [2.24, 2.45) is 0 Å². The second-order valence-corrected chi connectivity index (χ2v) is 7.05. The molecular weight excluding hydrogens is 270 g/mol. The molecule has 0 atom stereocenters. The van der Waals surface area contributed by atoms with E-state index >= 15 is 0 Å². The second-order valence-electron chi connectivity index (χ2n) is 7.05. The molecule has 2 aliphatic rings. The van der Waals surface area contributed by atoms with Crippen LogP contribution in [-0.2, 0) is 5.41 Å². The lowest BCUT2D eigenvalue weighted by molar-refractivity contribution is 0.246. The molecule has 22 heavy (non-hydrogen) atoms. The highest BCUT2D eigenvalue weighted by atomic mass is 15.1. The van der Waals surface area contributed by atoms with E-state index in [-0.39, 0.29) is 5.41 Å². The Morgan fingerprint density at radius 3 is 2.64 bits per heavy atom. The first-order chi connectivity index (χ1) is 10.8. The molecule has 0 bridgehead atoms. The number of hydrogen-bond acceptors (Lipinski definition) is 2. The number of hydrogen-bond donors (Lipinski definition) is 1. The van der Waals surface area contributed by atoms with E-state index in [1.54, 1.807) is 0 Å². The van der Waals surface area contributed by atoms with Gasteiger partial charge in [0.2, 0.25) is 0 Å². The topological polar surface area (TPSA) is 42.8 Å². The van der Waals surface area contributed by atoms with Crippen molar-refractivity contribution in [3.05, 3.63) is 35.5 Å². The fourth-order valence-corrected chi connectivity index (χ4v) is 4.56. The van der Waals surface area contributed by atoms with Gasteiger partial charge in [0.25, 0.3) is 0 Å². The third-order valence-electron chi connectivity index (χ3n) is 5.67. The number of nitrogens with one attached hydrogen (secondary N) is 1. The molecule has 1 saturated carbocycles. The fourth-order valence-electron chi connectivity index (χ4n) is 4.56. The van der Waals surface area contributed by atoms with Gasteiger partial charge in [0.15, 0.2) is 0 Å². The highest BCUT2D eigenvalue weighted by molar-refractivity contribution is 5.85. The lowest BCUT2D eigenvalue weighted by Crippen LogP contribution is -2.37. The molecule has 0 amide bonds. The van der Waals surface area contributed by atoms with Crippen LogP contribution in [0.25, 0.3) is 10.9 Å². The summed E-state index contributed by atoms with van der Waals surface area (Å²) in [5, 5.41) is 10.5. The Labute approximate surface area is 131 Å². The smallest absolute Gasteiger partial charge is 0.0991 e. The molecule has 2 heterocycles. The first-order valence-electron chi connectivity index (χ1n) is 8.55. The predicted octanol–water partition coefficient (Wildman–Crippen LogP) is 3.95. The first-order valence-corrected chi connectivity index (χ1v) is 8.55. The summed E-state index contributed by atoms with van der Waals surface area (Å²) in [5.74, 6) is 0. The van der Waals surface area contributed by atoms with E-state index in [1.807, 2.05) is 6.07 Å². The van der Waals surface area contributed by atoms with Crippen molar-refractivity contribution in [3.63, 3.8) is 0 Å². The van der Waals surface area contributed by atoms with Gasteiger partial charge in [-0.15, -0.1) is 0 Å². The van der Waals surface area contributed by atoms with Crippen molar-refractivity contribution in [2.75, 3.05) is 19.6 Å². The Morgan fingerprint density at radius 2 is 1.91 bits per heavy atom. The standard InChI is InChI=1S/C19H23N3/c20-12-15-5-6-18-16(11-15)17(13-21-18)19(7-1-2-8-19)14-22-9-3-4-10-22/h5-6,11,13,21H,1-4,7-10,14H2. The van der Waals surface area contributed by atoms with Crippen LogP contribution in [-0.4, -0.2) is 29.5 Å². The Balaban J connectivity index is 1.77. The number of aromatic nitrogens is 1. The Hall–Kier alpha value is -1.79. The SMILES string of the molecule is N#Cc1ccc2[nH]cc(C3(CN4CCCC4)CCCC3)c2c1. The second kappa shape index (κ2) is 5.44. The molecule has 2 aromatic rings. The average molecular weight is 293 g/mol. The van der Waals surface area contributed by atoms with Crippen LogP contribution in [0.5, 0.6) is 0 Å². The maximum Gasteiger partial charge on any atom is 0.0991 e. The lowest BCUT2D eigenvalue weighted by Gasteiger charge is -2.33. The van der Waals surface area contributed by atoms with Crippen molar-refractivity contribution in [1.82, 2.24) is 9.88 Å². The molecule has 1 aliphatic heterocycles. The molecule has 0 radical (unpaired) electrons. The third kappa shape index (κ3) is 2.23. The number of likely N-dealkylation sites (tertiary alicyclic amines) is 1. The monoisotopic (exact) mass is 293 g/mol. The van der Waals surface area contributed by atoms with Crippen LogP contribution in [0.4, 0.5) is 0 Å². The zero-order valence-electron chi connectivity index (χ0n) is 13.1. The van der Waals surface area contributed by atoms with Gasteiger partial charge in [-0.1, -0.05) is 12.8 Å². The Bertz CT molecular complexity index is 710. The van der Waals surface area contributed by atoms with Crippen molar-refractivity contribution in [1.29, 1.82) is 5.26 Å². The summed E-state index contributed by atoms with van der Waals surface area (Å²) in [7, 11) is 0. The molecule has 1 aromatic carbocycles. The summed E-state index contributed by atoms with van der Waals surface area (Å²) in [6.45, 7) is 3.71. The van der Waals surface area contributed by atoms with Crippen molar-refractivity contribution >= 4 is 10.9 Å². The Morgan fingerprint density at radius 1 is 1.14 bits per heavy atom. The van der Waals surface area contributed by atoms with Crippen molar-refractivity contribution in [3.8, 4) is 6.07 Å². The maximum absolute atomic E-state index is 9.22. The lowest BCUT2D eigenvalue weighted by atomic mass is 9.78. The minimum Gasteiger partial charge on any atom is -0.361 e. The molecule has 3 nitrogen and oxygen atoms in total. The van der Waals surface area contributed by atoms with Crippen LogP contribution in [0.2, 0.25) is 0 Å². The molecule has 0 spiro atoms. The molecular formula is C19H23N3. The van der Waals surface area contributed by atoms with Crippen LogP contribution >= 0.6 is 0 Å². The third-order valence-corrected chi connectivity index (χ3v) is 5.67. The van der Waals surface area contributed by atoms with Crippen molar-refractivity contribution in [2.45, 2.75) is 43.9 Å². The fraction of sp³-hybridized carbons (Fsp3) is 0.526. The number of rotatable bonds is 3. The van der Waals surface area contributed by atoms with Crippen molar-refractivity contribution < 1.29 is 0 Å². The van der Waals surface area contributed by atoms with E-state index in [0.717, 1.165) is 5.56 Å². The van der Waals surface area contributed by atoms with Crippen LogP contribution < -0.4 is 0 Å². The number of fused-ring (bicyclic) bond motifs is 1. The number of nitrogens with zero attached hydrogens (tertiary/aromatic N) is 2. The summed E-state index contributed by atoms with van der Waals surface area (Å²) in [6, 6.07) is 8.32. The number of nitriles is 1. The first kappa shape index (κ1) is 13.8. The quantitative estimate of drug-likeness (QED) is 0.931. The summed E-state index contributed by atoms with van der Waals surface area (Å²) in [5.41, 5.74) is 3.67. The largest absolute Gasteiger partial charge is 0.361 e. The van der Waals surface area contributed by atoms with Crippen LogP contribution in [0.15, 0.2) is 24.4 Å². The Kier molecular flexibility index (Phi) is 3.43. The van der Waals surface area contributed by atoms with Gasteiger partial charge in [0, 0.05) is 29.1 Å². The molecule has 0 unspecified atom stereocenters. The van der Waals surface area contributed by atoms with Gasteiger partial charge in [-0.05, 0) is 62.5 Å².